The standard InChI is InChI=1S/C22H30O7/c1-5-6-9-29-22(14-7-8-17(24)18(10-14)26-2)16(13-23)15-11-19(27-3)21(25)20(12-15)28-4/h7-8,10-12,16,22-25H,5-6,9,13H2,1-4H3. The summed E-state index contributed by atoms with van der Waals surface area (Å²) in [5.41, 5.74) is 1.44. The first-order valence-corrected chi connectivity index (χ1v) is 9.54. The summed E-state index contributed by atoms with van der Waals surface area (Å²) < 4.78 is 21.9. The molecule has 160 valence electrons. The number of phenolic OH excluding ortho intramolecular Hbond substituents is 2. The Labute approximate surface area is 171 Å². The summed E-state index contributed by atoms with van der Waals surface area (Å²) in [4.78, 5) is 0. The third kappa shape index (κ3) is 5.25. The van der Waals surface area contributed by atoms with Crippen LogP contribution in [-0.4, -0.2) is 49.9 Å². The van der Waals surface area contributed by atoms with E-state index >= 15 is 0 Å². The predicted molar refractivity (Wildman–Crippen MR) is 109 cm³/mol. The van der Waals surface area contributed by atoms with Crippen molar-refractivity contribution in [1.29, 1.82) is 0 Å². The van der Waals surface area contributed by atoms with Gasteiger partial charge in [0.15, 0.2) is 23.0 Å². The molecule has 2 aromatic rings. The number of unbranched alkanes of at least 4 members (excludes halogenated alkanes) is 1. The number of rotatable bonds is 11. The van der Waals surface area contributed by atoms with E-state index in [1.165, 1.54) is 27.4 Å². The van der Waals surface area contributed by atoms with Gasteiger partial charge >= 0.3 is 0 Å². The van der Waals surface area contributed by atoms with E-state index < -0.39 is 12.0 Å². The van der Waals surface area contributed by atoms with Crippen LogP contribution in [0.5, 0.6) is 28.7 Å². The molecule has 0 aromatic heterocycles. The summed E-state index contributed by atoms with van der Waals surface area (Å²) in [7, 11) is 4.38. The molecule has 2 unspecified atom stereocenters. The molecule has 2 rings (SSSR count). The van der Waals surface area contributed by atoms with Gasteiger partial charge in [-0.1, -0.05) is 19.4 Å². The van der Waals surface area contributed by atoms with Gasteiger partial charge in [-0.3, -0.25) is 0 Å². The molecule has 2 atom stereocenters. The average Bonchev–Trinajstić information content (AvgIpc) is 2.74. The van der Waals surface area contributed by atoms with E-state index in [1.807, 2.05) is 0 Å². The minimum Gasteiger partial charge on any atom is -0.504 e. The van der Waals surface area contributed by atoms with Crippen molar-refractivity contribution in [3.05, 3.63) is 41.5 Å². The zero-order valence-electron chi connectivity index (χ0n) is 17.3. The minimum absolute atomic E-state index is 0.0251. The highest BCUT2D eigenvalue weighted by Crippen LogP contribution is 2.43. The number of ether oxygens (including phenoxy) is 4. The lowest BCUT2D eigenvalue weighted by Crippen LogP contribution is -2.19. The van der Waals surface area contributed by atoms with Gasteiger partial charge in [0.25, 0.3) is 0 Å². The third-order valence-electron chi connectivity index (χ3n) is 4.82. The van der Waals surface area contributed by atoms with Gasteiger partial charge in [-0.2, -0.15) is 0 Å². The normalized spacial score (nSPS) is 13.0. The Kier molecular flexibility index (Phi) is 8.42. The number of methoxy groups -OCH3 is 3. The van der Waals surface area contributed by atoms with Crippen molar-refractivity contribution >= 4 is 0 Å². The lowest BCUT2D eigenvalue weighted by atomic mass is 9.88. The molecule has 0 saturated carbocycles. The van der Waals surface area contributed by atoms with Crippen LogP contribution in [0.1, 0.15) is 42.9 Å². The molecule has 29 heavy (non-hydrogen) atoms. The number of phenols is 2. The van der Waals surface area contributed by atoms with E-state index in [-0.39, 0.29) is 29.6 Å². The van der Waals surface area contributed by atoms with E-state index in [0.29, 0.717) is 17.9 Å². The molecule has 7 nitrogen and oxygen atoms in total. The van der Waals surface area contributed by atoms with Crippen LogP contribution >= 0.6 is 0 Å². The number of benzene rings is 2. The first-order chi connectivity index (χ1) is 14.0. The van der Waals surface area contributed by atoms with Crippen LogP contribution in [0.4, 0.5) is 0 Å². The summed E-state index contributed by atoms with van der Waals surface area (Å²) in [6.07, 6.45) is 1.32. The second kappa shape index (κ2) is 10.8. The van der Waals surface area contributed by atoms with Crippen molar-refractivity contribution in [2.75, 3.05) is 34.5 Å². The zero-order valence-corrected chi connectivity index (χ0v) is 17.3. The third-order valence-corrected chi connectivity index (χ3v) is 4.82. The number of hydrogen-bond acceptors (Lipinski definition) is 7. The molecule has 0 radical (unpaired) electrons. The van der Waals surface area contributed by atoms with Gasteiger partial charge in [0.05, 0.1) is 34.0 Å². The molecule has 2 aromatic carbocycles. The summed E-state index contributed by atoms with van der Waals surface area (Å²) >= 11 is 0. The van der Waals surface area contributed by atoms with E-state index in [9.17, 15) is 15.3 Å². The second-order valence-corrected chi connectivity index (χ2v) is 6.64. The van der Waals surface area contributed by atoms with Crippen LogP contribution in [0.25, 0.3) is 0 Å². The summed E-state index contributed by atoms with van der Waals surface area (Å²) in [6, 6.07) is 8.30. The Bertz CT molecular complexity index is 766. The smallest absolute Gasteiger partial charge is 0.200 e. The number of aliphatic hydroxyl groups is 1. The zero-order chi connectivity index (χ0) is 21.4. The topological polar surface area (TPSA) is 97.6 Å². The van der Waals surface area contributed by atoms with Crippen LogP contribution in [0.2, 0.25) is 0 Å². The fraction of sp³-hybridized carbons (Fsp3) is 0.455. The van der Waals surface area contributed by atoms with Gasteiger partial charge in [-0.05, 0) is 41.8 Å². The van der Waals surface area contributed by atoms with E-state index in [4.69, 9.17) is 18.9 Å². The average molecular weight is 406 g/mol. The molecule has 0 fully saturated rings. The molecular weight excluding hydrogens is 376 g/mol. The van der Waals surface area contributed by atoms with E-state index in [0.717, 1.165) is 18.4 Å². The molecule has 0 aliphatic carbocycles. The number of hydrogen-bond donors (Lipinski definition) is 3. The Morgan fingerprint density at radius 2 is 1.45 bits per heavy atom. The molecule has 0 bridgehead atoms. The maximum atomic E-state index is 10.2. The van der Waals surface area contributed by atoms with Gasteiger partial charge in [-0.15, -0.1) is 0 Å². The monoisotopic (exact) mass is 406 g/mol. The molecule has 0 aliphatic rings. The highest BCUT2D eigenvalue weighted by molar-refractivity contribution is 5.54. The van der Waals surface area contributed by atoms with Crippen molar-refractivity contribution in [3.8, 4) is 28.7 Å². The van der Waals surface area contributed by atoms with Crippen molar-refractivity contribution < 1.29 is 34.3 Å². The van der Waals surface area contributed by atoms with Gasteiger partial charge in [0.2, 0.25) is 5.75 Å². The Hall–Kier alpha value is -2.64. The number of aromatic hydroxyl groups is 2. The Balaban J connectivity index is 2.52. The van der Waals surface area contributed by atoms with Crippen LogP contribution in [0, 0.1) is 0 Å². The molecule has 0 spiro atoms. The summed E-state index contributed by atoms with van der Waals surface area (Å²) in [5.74, 6) is 0.262. The Morgan fingerprint density at radius 1 is 0.862 bits per heavy atom. The van der Waals surface area contributed by atoms with Gasteiger partial charge in [0.1, 0.15) is 0 Å². The summed E-state index contributed by atoms with van der Waals surface area (Å²) in [5, 5.41) is 30.4. The van der Waals surface area contributed by atoms with Gasteiger partial charge in [-0.25, -0.2) is 0 Å². The molecule has 0 saturated heterocycles. The van der Waals surface area contributed by atoms with Crippen molar-refractivity contribution in [2.24, 2.45) is 0 Å². The number of aliphatic hydroxyl groups excluding tert-OH is 1. The minimum atomic E-state index is -0.514. The van der Waals surface area contributed by atoms with Crippen LogP contribution < -0.4 is 14.2 Å². The maximum Gasteiger partial charge on any atom is 0.200 e. The van der Waals surface area contributed by atoms with E-state index in [2.05, 4.69) is 6.92 Å². The van der Waals surface area contributed by atoms with E-state index in [1.54, 1.807) is 24.3 Å². The van der Waals surface area contributed by atoms with Crippen molar-refractivity contribution in [2.45, 2.75) is 31.8 Å². The quantitative estimate of drug-likeness (QED) is 0.489. The maximum absolute atomic E-state index is 10.2. The fourth-order valence-corrected chi connectivity index (χ4v) is 3.17. The highest BCUT2D eigenvalue weighted by Gasteiger charge is 2.28. The molecule has 3 N–H and O–H groups in total. The fourth-order valence-electron chi connectivity index (χ4n) is 3.17. The van der Waals surface area contributed by atoms with Gasteiger partial charge in [0, 0.05) is 12.5 Å². The van der Waals surface area contributed by atoms with Gasteiger partial charge < -0.3 is 34.3 Å². The predicted octanol–water partition coefficient (Wildman–Crippen LogP) is 3.76. The largest absolute Gasteiger partial charge is 0.504 e. The summed E-state index contributed by atoms with van der Waals surface area (Å²) in [6.45, 7) is 2.37. The first kappa shape index (κ1) is 22.6. The molecule has 0 amide bonds. The Morgan fingerprint density at radius 3 is 1.97 bits per heavy atom. The van der Waals surface area contributed by atoms with Crippen LogP contribution in [0.3, 0.4) is 0 Å². The highest BCUT2D eigenvalue weighted by atomic mass is 16.5. The SMILES string of the molecule is CCCCOC(c1ccc(O)c(OC)c1)C(CO)c1cc(OC)c(O)c(OC)c1. The molecule has 0 heterocycles. The molecule has 7 heteroatoms. The molecular formula is C22H30O7. The van der Waals surface area contributed by atoms with Crippen molar-refractivity contribution in [1.82, 2.24) is 0 Å². The van der Waals surface area contributed by atoms with Crippen LogP contribution in [-0.2, 0) is 4.74 Å². The first-order valence-electron chi connectivity index (χ1n) is 9.54. The lowest BCUT2D eigenvalue weighted by Gasteiger charge is -2.28. The van der Waals surface area contributed by atoms with Crippen molar-refractivity contribution in [3.63, 3.8) is 0 Å². The van der Waals surface area contributed by atoms with Crippen LogP contribution in [0.15, 0.2) is 30.3 Å². The lowest BCUT2D eigenvalue weighted by molar-refractivity contribution is 0.0161. The second-order valence-electron chi connectivity index (χ2n) is 6.64. The molecule has 0 aliphatic heterocycles.